The van der Waals surface area contributed by atoms with Gasteiger partial charge in [0, 0.05) is 16.9 Å². The molecule has 0 bridgehead atoms. The van der Waals surface area contributed by atoms with Gasteiger partial charge in [0.25, 0.3) is 0 Å². The molecule has 292 valence electrons. The quantitative estimate of drug-likeness (QED) is 0.141. The average molecular weight is 790 g/mol. The number of hydrogen-bond acceptors (Lipinski definition) is 1. The maximum Gasteiger partial charge on any atom is 0.0714 e. The summed E-state index contributed by atoms with van der Waals surface area (Å²) >= 11 is 0. The zero-order valence-corrected chi connectivity index (χ0v) is 34.3. The van der Waals surface area contributed by atoms with Crippen molar-refractivity contribution in [2.45, 2.75) is 5.41 Å². The first kappa shape index (κ1) is 37.0. The van der Waals surface area contributed by atoms with Gasteiger partial charge in [-0.2, -0.15) is 0 Å². The molecule has 1 aliphatic carbocycles. The van der Waals surface area contributed by atoms with Crippen molar-refractivity contribution in [3.05, 3.63) is 283 Å². The van der Waals surface area contributed by atoms with Crippen molar-refractivity contribution in [2.75, 3.05) is 4.90 Å². The maximum atomic E-state index is 2.50. The largest absolute Gasteiger partial charge is 0.310 e. The standard InChI is InChI=1S/C61H43N/c1-7-21-44(22-8-1)48-35-38-60(57(42-48)47-27-13-4-14-28-47)62(54-40-49(45-23-9-2-10-24-45)39-50(41-54)46-25-11-3-12-26-46)53-36-37-56-55-33-19-20-34-58(55)61(59(56)43-53,51-29-15-5-16-30-51)52-31-17-6-18-32-52/h1-43H. The topological polar surface area (TPSA) is 3.24 Å². The lowest BCUT2D eigenvalue weighted by Gasteiger charge is -2.35. The van der Waals surface area contributed by atoms with Gasteiger partial charge in [-0.05, 0) is 115 Å². The minimum Gasteiger partial charge on any atom is -0.310 e. The second-order valence-corrected chi connectivity index (χ2v) is 16.1. The van der Waals surface area contributed by atoms with E-state index in [1.807, 2.05) is 0 Å². The second kappa shape index (κ2) is 15.9. The van der Waals surface area contributed by atoms with Gasteiger partial charge in [-0.25, -0.2) is 0 Å². The van der Waals surface area contributed by atoms with Gasteiger partial charge >= 0.3 is 0 Å². The lowest BCUT2D eigenvalue weighted by Crippen LogP contribution is -2.28. The third-order valence-electron chi connectivity index (χ3n) is 12.5. The fourth-order valence-electron chi connectivity index (χ4n) is 9.72. The van der Waals surface area contributed by atoms with Gasteiger partial charge in [-0.15, -0.1) is 0 Å². The van der Waals surface area contributed by atoms with E-state index in [0.29, 0.717) is 0 Å². The van der Waals surface area contributed by atoms with Crippen molar-refractivity contribution >= 4 is 17.1 Å². The van der Waals surface area contributed by atoms with Crippen LogP contribution in [0.1, 0.15) is 22.3 Å². The van der Waals surface area contributed by atoms with E-state index in [-0.39, 0.29) is 0 Å². The molecule has 0 atom stereocenters. The Balaban J connectivity index is 1.23. The summed E-state index contributed by atoms with van der Waals surface area (Å²) in [7, 11) is 0. The number of benzene rings is 10. The molecule has 0 unspecified atom stereocenters. The highest BCUT2D eigenvalue weighted by atomic mass is 15.1. The van der Waals surface area contributed by atoms with Gasteiger partial charge in [-0.1, -0.05) is 218 Å². The molecule has 0 heterocycles. The number of anilines is 3. The van der Waals surface area contributed by atoms with Crippen LogP contribution in [0.25, 0.3) is 55.6 Å². The molecule has 0 radical (unpaired) electrons. The molecule has 0 saturated carbocycles. The Hall–Kier alpha value is -8.00. The van der Waals surface area contributed by atoms with Gasteiger partial charge in [0.1, 0.15) is 0 Å². The molecule has 1 nitrogen and oxygen atoms in total. The van der Waals surface area contributed by atoms with Crippen LogP contribution in [0.4, 0.5) is 17.1 Å². The first-order chi connectivity index (χ1) is 30.8. The third kappa shape index (κ3) is 6.43. The highest BCUT2D eigenvalue weighted by Gasteiger charge is 2.46. The van der Waals surface area contributed by atoms with Crippen molar-refractivity contribution < 1.29 is 0 Å². The molecule has 0 aliphatic heterocycles. The van der Waals surface area contributed by atoms with E-state index >= 15 is 0 Å². The lowest BCUT2D eigenvalue weighted by atomic mass is 9.67. The van der Waals surface area contributed by atoms with Crippen molar-refractivity contribution in [3.63, 3.8) is 0 Å². The van der Waals surface area contributed by atoms with E-state index in [0.717, 1.165) is 39.3 Å². The Labute approximate surface area is 364 Å². The molecule has 11 rings (SSSR count). The molecule has 0 fully saturated rings. The SMILES string of the molecule is c1ccc(-c2cc(-c3ccccc3)cc(N(c3ccc4c(c3)C(c3ccccc3)(c3ccccc3)c3ccccc3-4)c3ccc(-c4ccccc4)cc3-c3ccccc3)c2)cc1. The molecule has 1 heteroatoms. The van der Waals surface area contributed by atoms with Crippen molar-refractivity contribution in [3.8, 4) is 55.6 Å². The minimum atomic E-state index is -0.545. The van der Waals surface area contributed by atoms with Crippen molar-refractivity contribution in [2.24, 2.45) is 0 Å². The summed E-state index contributed by atoms with van der Waals surface area (Å²) < 4.78 is 0. The summed E-state index contributed by atoms with van der Waals surface area (Å²) in [4.78, 5) is 2.50. The predicted octanol–water partition coefficient (Wildman–Crippen LogP) is 16.2. The maximum absolute atomic E-state index is 2.50. The molecule has 0 amide bonds. The molecule has 10 aromatic carbocycles. The Bertz CT molecular complexity index is 3040. The van der Waals surface area contributed by atoms with Crippen molar-refractivity contribution in [1.82, 2.24) is 0 Å². The Morgan fingerprint density at radius 2 is 0.694 bits per heavy atom. The van der Waals surface area contributed by atoms with Crippen LogP contribution in [0.15, 0.2) is 261 Å². The monoisotopic (exact) mass is 789 g/mol. The molecule has 0 saturated heterocycles. The van der Waals surface area contributed by atoms with Gasteiger partial charge in [-0.3, -0.25) is 0 Å². The highest BCUT2D eigenvalue weighted by Crippen LogP contribution is 2.57. The molecule has 10 aromatic rings. The van der Waals surface area contributed by atoms with Crippen LogP contribution in [0, 0.1) is 0 Å². The number of fused-ring (bicyclic) bond motifs is 3. The molecule has 0 aromatic heterocycles. The van der Waals surface area contributed by atoms with Gasteiger partial charge < -0.3 is 4.90 Å². The summed E-state index contributed by atoms with van der Waals surface area (Å²) in [5, 5.41) is 0. The van der Waals surface area contributed by atoms with Crippen LogP contribution in [0.5, 0.6) is 0 Å². The predicted molar refractivity (Wildman–Crippen MR) is 260 cm³/mol. The van der Waals surface area contributed by atoms with E-state index < -0.39 is 5.41 Å². The highest BCUT2D eigenvalue weighted by molar-refractivity contribution is 5.95. The second-order valence-electron chi connectivity index (χ2n) is 16.1. The van der Waals surface area contributed by atoms with E-state index in [1.54, 1.807) is 0 Å². The average Bonchev–Trinajstić information content (AvgIpc) is 3.66. The fourth-order valence-corrected chi connectivity index (χ4v) is 9.72. The normalized spacial score (nSPS) is 12.3. The van der Waals surface area contributed by atoms with Crippen LogP contribution in [-0.4, -0.2) is 0 Å². The number of hydrogen-bond donors (Lipinski definition) is 0. The van der Waals surface area contributed by atoms with Crippen LogP contribution < -0.4 is 4.90 Å². The molecular formula is C61H43N. The molecule has 62 heavy (non-hydrogen) atoms. The Morgan fingerprint density at radius 3 is 1.24 bits per heavy atom. The fraction of sp³-hybridized carbons (Fsp3) is 0.0164. The summed E-state index contributed by atoms with van der Waals surface area (Å²) in [6.45, 7) is 0. The summed E-state index contributed by atoms with van der Waals surface area (Å²) in [6, 6.07) is 95.5. The number of rotatable bonds is 9. The van der Waals surface area contributed by atoms with Crippen LogP contribution in [0.2, 0.25) is 0 Å². The van der Waals surface area contributed by atoms with Crippen LogP contribution in [0.3, 0.4) is 0 Å². The van der Waals surface area contributed by atoms with Crippen molar-refractivity contribution in [1.29, 1.82) is 0 Å². The minimum absolute atomic E-state index is 0.545. The molecular weight excluding hydrogens is 747 g/mol. The van der Waals surface area contributed by atoms with E-state index in [9.17, 15) is 0 Å². The zero-order valence-electron chi connectivity index (χ0n) is 34.3. The molecule has 0 spiro atoms. The number of nitrogens with zero attached hydrogens (tertiary/aromatic N) is 1. The Morgan fingerprint density at radius 1 is 0.242 bits per heavy atom. The van der Waals surface area contributed by atoms with E-state index in [1.165, 1.54) is 55.6 Å². The smallest absolute Gasteiger partial charge is 0.0714 e. The summed E-state index contributed by atoms with van der Waals surface area (Å²) in [5.74, 6) is 0. The lowest BCUT2D eigenvalue weighted by molar-refractivity contribution is 0.768. The molecule has 0 N–H and O–H groups in total. The Kier molecular flexibility index (Phi) is 9.48. The van der Waals surface area contributed by atoms with Gasteiger partial charge in [0.05, 0.1) is 11.1 Å². The van der Waals surface area contributed by atoms with Gasteiger partial charge in [0.2, 0.25) is 0 Å². The van der Waals surface area contributed by atoms with Crippen LogP contribution in [-0.2, 0) is 5.41 Å². The van der Waals surface area contributed by atoms with Crippen LogP contribution >= 0.6 is 0 Å². The van der Waals surface area contributed by atoms with E-state index in [2.05, 4.69) is 266 Å². The zero-order chi connectivity index (χ0) is 41.3. The summed E-state index contributed by atoms with van der Waals surface area (Å²) in [5.41, 5.74) is 19.6. The molecule has 1 aliphatic rings. The third-order valence-corrected chi connectivity index (χ3v) is 12.5. The van der Waals surface area contributed by atoms with E-state index in [4.69, 9.17) is 0 Å². The van der Waals surface area contributed by atoms with Gasteiger partial charge in [0.15, 0.2) is 0 Å². The first-order valence-electron chi connectivity index (χ1n) is 21.4. The first-order valence-corrected chi connectivity index (χ1v) is 21.4. The summed E-state index contributed by atoms with van der Waals surface area (Å²) in [6.07, 6.45) is 0.